The number of piperidine rings is 1. The summed E-state index contributed by atoms with van der Waals surface area (Å²) in [4.78, 5) is 28.1. The Morgan fingerprint density at radius 1 is 1.23 bits per heavy atom. The van der Waals surface area contributed by atoms with E-state index in [9.17, 15) is 22.4 Å². The van der Waals surface area contributed by atoms with Crippen molar-refractivity contribution in [2.75, 3.05) is 19.3 Å². The van der Waals surface area contributed by atoms with Gasteiger partial charge in [-0.15, -0.1) is 0 Å². The molecule has 4 rings (SSSR count). The van der Waals surface area contributed by atoms with Crippen LogP contribution in [-0.2, 0) is 14.8 Å². The summed E-state index contributed by atoms with van der Waals surface area (Å²) in [7, 11) is -3.46. The Hall–Kier alpha value is -1.94. The van der Waals surface area contributed by atoms with Gasteiger partial charge in [0.1, 0.15) is 17.6 Å². The molecule has 3 N–H and O–H groups in total. The lowest BCUT2D eigenvalue weighted by atomic mass is 9.64. The molecule has 1 aromatic rings. The second-order valence-electron chi connectivity index (χ2n) is 9.33. The first-order valence-corrected chi connectivity index (χ1v) is 12.9. The lowest BCUT2D eigenvalue weighted by molar-refractivity contribution is -0.128. The molecule has 1 aliphatic heterocycles. The third kappa shape index (κ3) is 4.50. The summed E-state index contributed by atoms with van der Waals surface area (Å²) < 4.78 is 38.9. The topological polar surface area (TPSA) is 111 Å². The van der Waals surface area contributed by atoms with Crippen LogP contribution in [0.5, 0.6) is 0 Å². The normalized spacial score (nSPS) is 28.3. The average molecular weight is 455 g/mol. The SMILES string of the molecule is CS(=O)(=O)N1CCCCC1C(=O)NC1C(CNC(=O)c2cc(F)c[nH]2)CCC12CCC2. The van der Waals surface area contributed by atoms with E-state index in [0.717, 1.165) is 63.5 Å². The summed E-state index contributed by atoms with van der Waals surface area (Å²) in [6.45, 7) is 0.756. The van der Waals surface area contributed by atoms with Gasteiger partial charge in [-0.1, -0.05) is 12.8 Å². The highest BCUT2D eigenvalue weighted by molar-refractivity contribution is 7.88. The zero-order valence-corrected chi connectivity index (χ0v) is 18.6. The first kappa shape index (κ1) is 22.3. The second-order valence-corrected chi connectivity index (χ2v) is 11.3. The van der Waals surface area contributed by atoms with Crippen molar-refractivity contribution < 1.29 is 22.4 Å². The van der Waals surface area contributed by atoms with Crippen LogP contribution in [0.2, 0.25) is 0 Å². The standard InChI is InChI=1S/C21H31FN4O4S/c1-31(29,30)26-10-3-2-5-17(26)20(28)25-18-14(6-9-21(18)7-4-8-21)12-24-19(27)16-11-15(22)13-23-16/h11,13-14,17-18,23H,2-10,12H2,1H3,(H,24,27)(H,25,28). The molecule has 2 saturated carbocycles. The van der Waals surface area contributed by atoms with E-state index in [1.165, 1.54) is 4.31 Å². The van der Waals surface area contributed by atoms with E-state index in [2.05, 4.69) is 15.6 Å². The molecule has 2 amide bonds. The number of halogens is 1. The van der Waals surface area contributed by atoms with Crippen LogP contribution in [0.1, 0.15) is 61.9 Å². The number of sulfonamides is 1. The molecule has 1 spiro atoms. The van der Waals surface area contributed by atoms with Gasteiger partial charge < -0.3 is 15.6 Å². The number of carbonyl (C=O) groups is 2. The van der Waals surface area contributed by atoms with Crippen molar-refractivity contribution in [3.8, 4) is 0 Å². The zero-order valence-electron chi connectivity index (χ0n) is 17.8. The number of aromatic nitrogens is 1. The minimum atomic E-state index is -3.46. The Labute approximate surface area is 182 Å². The van der Waals surface area contributed by atoms with Gasteiger partial charge >= 0.3 is 0 Å². The van der Waals surface area contributed by atoms with E-state index in [1.807, 2.05) is 0 Å². The van der Waals surface area contributed by atoms with E-state index in [0.29, 0.717) is 19.5 Å². The smallest absolute Gasteiger partial charge is 0.267 e. The van der Waals surface area contributed by atoms with Gasteiger partial charge in [-0.2, -0.15) is 4.31 Å². The highest BCUT2D eigenvalue weighted by Crippen LogP contribution is 2.55. The molecule has 31 heavy (non-hydrogen) atoms. The quantitative estimate of drug-likeness (QED) is 0.608. The highest BCUT2D eigenvalue weighted by atomic mass is 32.2. The molecule has 1 aromatic heterocycles. The molecule has 172 valence electrons. The number of nitrogens with zero attached hydrogens (tertiary/aromatic N) is 1. The van der Waals surface area contributed by atoms with Crippen LogP contribution in [0.3, 0.4) is 0 Å². The van der Waals surface area contributed by atoms with Gasteiger partial charge in [-0.3, -0.25) is 9.59 Å². The van der Waals surface area contributed by atoms with Crippen molar-refractivity contribution >= 4 is 21.8 Å². The number of nitrogens with one attached hydrogen (secondary N) is 3. The maximum Gasteiger partial charge on any atom is 0.267 e. The van der Waals surface area contributed by atoms with E-state index >= 15 is 0 Å². The van der Waals surface area contributed by atoms with Gasteiger partial charge in [-0.25, -0.2) is 12.8 Å². The summed E-state index contributed by atoms with van der Waals surface area (Å²) in [5.74, 6) is -1.04. The molecular formula is C21H31FN4O4S. The highest BCUT2D eigenvalue weighted by Gasteiger charge is 2.53. The number of amides is 2. The molecule has 3 unspecified atom stereocenters. The van der Waals surface area contributed by atoms with Crippen molar-refractivity contribution in [3.63, 3.8) is 0 Å². The first-order chi connectivity index (χ1) is 14.7. The van der Waals surface area contributed by atoms with Gasteiger partial charge in [-0.05, 0) is 49.9 Å². The number of hydrogen-bond acceptors (Lipinski definition) is 4. The van der Waals surface area contributed by atoms with Crippen LogP contribution in [0.15, 0.2) is 12.3 Å². The molecule has 2 heterocycles. The molecule has 3 atom stereocenters. The Morgan fingerprint density at radius 2 is 2.00 bits per heavy atom. The maximum atomic E-state index is 13.2. The van der Waals surface area contributed by atoms with E-state index in [4.69, 9.17) is 0 Å². The zero-order chi connectivity index (χ0) is 22.2. The van der Waals surface area contributed by atoms with Crippen LogP contribution in [0.25, 0.3) is 0 Å². The fourth-order valence-corrected chi connectivity index (χ4v) is 6.73. The largest absolute Gasteiger partial charge is 0.355 e. The monoisotopic (exact) mass is 454 g/mol. The number of H-pyrrole nitrogens is 1. The average Bonchev–Trinajstić information content (AvgIpc) is 3.29. The second kappa shape index (κ2) is 8.54. The Bertz CT molecular complexity index is 943. The number of hydrogen-bond donors (Lipinski definition) is 3. The van der Waals surface area contributed by atoms with Gasteiger partial charge in [0.25, 0.3) is 5.91 Å². The number of carbonyl (C=O) groups excluding carboxylic acids is 2. The summed E-state index contributed by atoms with van der Waals surface area (Å²) in [6.07, 6.45) is 9.45. The summed E-state index contributed by atoms with van der Waals surface area (Å²) >= 11 is 0. The maximum absolute atomic E-state index is 13.2. The molecule has 0 bridgehead atoms. The van der Waals surface area contributed by atoms with Crippen molar-refractivity contribution in [1.29, 1.82) is 0 Å². The van der Waals surface area contributed by atoms with Crippen LogP contribution in [-0.4, -0.2) is 61.0 Å². The van der Waals surface area contributed by atoms with Crippen LogP contribution >= 0.6 is 0 Å². The van der Waals surface area contributed by atoms with Gasteiger partial charge in [0.05, 0.1) is 6.26 Å². The number of rotatable bonds is 6. The molecule has 3 aliphatic rings. The summed E-state index contributed by atoms with van der Waals surface area (Å²) in [5.41, 5.74) is 0.203. The molecule has 0 radical (unpaired) electrons. The molecule has 10 heteroatoms. The van der Waals surface area contributed by atoms with Crippen molar-refractivity contribution in [1.82, 2.24) is 19.9 Å². The van der Waals surface area contributed by atoms with Crippen LogP contribution in [0, 0.1) is 17.2 Å². The van der Waals surface area contributed by atoms with Gasteiger partial charge in [0.15, 0.2) is 0 Å². The van der Waals surface area contributed by atoms with Crippen LogP contribution < -0.4 is 10.6 Å². The van der Waals surface area contributed by atoms with Crippen molar-refractivity contribution in [3.05, 3.63) is 23.8 Å². The Balaban J connectivity index is 1.44. The van der Waals surface area contributed by atoms with E-state index in [1.54, 1.807) is 0 Å². The van der Waals surface area contributed by atoms with Crippen molar-refractivity contribution in [2.45, 2.75) is 63.5 Å². The van der Waals surface area contributed by atoms with E-state index < -0.39 is 21.9 Å². The number of aromatic amines is 1. The fourth-order valence-electron chi connectivity index (χ4n) is 5.61. The minimum Gasteiger partial charge on any atom is -0.355 e. The van der Waals surface area contributed by atoms with Gasteiger partial charge in [0.2, 0.25) is 15.9 Å². The third-order valence-electron chi connectivity index (χ3n) is 7.39. The molecular weight excluding hydrogens is 423 g/mol. The fraction of sp³-hybridized carbons (Fsp3) is 0.714. The molecule has 2 aliphatic carbocycles. The minimum absolute atomic E-state index is 0.0359. The van der Waals surface area contributed by atoms with Crippen molar-refractivity contribution in [2.24, 2.45) is 11.3 Å². The molecule has 8 nitrogen and oxygen atoms in total. The van der Waals surface area contributed by atoms with E-state index in [-0.39, 0.29) is 34.9 Å². The molecule has 3 fully saturated rings. The Kier molecular flexibility index (Phi) is 6.13. The van der Waals surface area contributed by atoms with Crippen LogP contribution in [0.4, 0.5) is 4.39 Å². The predicted octanol–water partition coefficient (Wildman–Crippen LogP) is 1.76. The molecule has 1 saturated heterocycles. The Morgan fingerprint density at radius 3 is 2.61 bits per heavy atom. The third-order valence-corrected chi connectivity index (χ3v) is 8.68. The lowest BCUT2D eigenvalue weighted by Gasteiger charge is -2.46. The first-order valence-electron chi connectivity index (χ1n) is 11.1. The lowest BCUT2D eigenvalue weighted by Crippen LogP contribution is -2.58. The summed E-state index contributed by atoms with van der Waals surface area (Å²) in [6, 6.07) is 0.385. The predicted molar refractivity (Wildman–Crippen MR) is 113 cm³/mol. The molecule has 0 aromatic carbocycles. The summed E-state index contributed by atoms with van der Waals surface area (Å²) in [5, 5.41) is 6.06. The van der Waals surface area contributed by atoms with Gasteiger partial charge in [0, 0.05) is 31.4 Å².